The Labute approximate surface area is 96.6 Å². The third kappa shape index (κ3) is 4.61. The standard InChI is InChI=1S/C11H21N3O2/c1-12-6-7-13-10(15)9-14-8-4-2-3-5-11(14)16/h12H,2-9H2,1H3,(H,13,15). The molecule has 0 spiro atoms. The summed E-state index contributed by atoms with van der Waals surface area (Å²) in [6, 6.07) is 0. The Bertz CT molecular complexity index is 243. The second kappa shape index (κ2) is 7.22. The van der Waals surface area contributed by atoms with Gasteiger partial charge in [-0.1, -0.05) is 6.42 Å². The normalized spacial score (nSPS) is 17.1. The molecule has 0 aromatic heterocycles. The molecule has 0 aliphatic carbocycles. The van der Waals surface area contributed by atoms with Gasteiger partial charge in [0.15, 0.2) is 0 Å². The van der Waals surface area contributed by atoms with Gasteiger partial charge in [-0.3, -0.25) is 9.59 Å². The van der Waals surface area contributed by atoms with E-state index in [0.717, 1.165) is 32.4 Å². The van der Waals surface area contributed by atoms with Crippen molar-refractivity contribution in [3.8, 4) is 0 Å². The van der Waals surface area contributed by atoms with E-state index in [1.54, 1.807) is 4.90 Å². The fraction of sp³-hybridized carbons (Fsp3) is 0.818. The summed E-state index contributed by atoms with van der Waals surface area (Å²) < 4.78 is 0. The van der Waals surface area contributed by atoms with Gasteiger partial charge >= 0.3 is 0 Å². The van der Waals surface area contributed by atoms with Crippen LogP contribution in [-0.4, -0.2) is 49.9 Å². The van der Waals surface area contributed by atoms with Crippen molar-refractivity contribution < 1.29 is 9.59 Å². The summed E-state index contributed by atoms with van der Waals surface area (Å²) in [6.07, 6.45) is 3.64. The van der Waals surface area contributed by atoms with Crippen molar-refractivity contribution in [2.24, 2.45) is 0 Å². The molecular weight excluding hydrogens is 206 g/mol. The van der Waals surface area contributed by atoms with Crippen LogP contribution >= 0.6 is 0 Å². The molecular formula is C11H21N3O2. The van der Waals surface area contributed by atoms with Gasteiger partial charge in [-0.05, 0) is 19.9 Å². The molecule has 92 valence electrons. The molecule has 1 saturated heterocycles. The number of rotatable bonds is 5. The molecule has 2 N–H and O–H groups in total. The summed E-state index contributed by atoms with van der Waals surface area (Å²) >= 11 is 0. The first-order valence-electron chi connectivity index (χ1n) is 5.93. The summed E-state index contributed by atoms with van der Waals surface area (Å²) in [5.41, 5.74) is 0. The summed E-state index contributed by atoms with van der Waals surface area (Å²) in [5, 5.41) is 5.73. The van der Waals surface area contributed by atoms with E-state index in [0.29, 0.717) is 13.0 Å². The monoisotopic (exact) mass is 227 g/mol. The third-order valence-electron chi connectivity index (χ3n) is 2.70. The third-order valence-corrected chi connectivity index (χ3v) is 2.70. The van der Waals surface area contributed by atoms with Crippen LogP contribution in [-0.2, 0) is 9.59 Å². The molecule has 1 fully saturated rings. The van der Waals surface area contributed by atoms with Crippen molar-refractivity contribution in [1.82, 2.24) is 15.5 Å². The van der Waals surface area contributed by atoms with Crippen molar-refractivity contribution >= 4 is 11.8 Å². The number of amides is 2. The first-order valence-corrected chi connectivity index (χ1v) is 5.93. The minimum absolute atomic E-state index is 0.0644. The van der Waals surface area contributed by atoms with E-state index in [-0.39, 0.29) is 18.4 Å². The van der Waals surface area contributed by atoms with E-state index in [1.807, 2.05) is 7.05 Å². The first kappa shape index (κ1) is 13.0. The zero-order valence-corrected chi connectivity index (χ0v) is 9.92. The molecule has 2 amide bonds. The topological polar surface area (TPSA) is 61.4 Å². The number of hydrogen-bond donors (Lipinski definition) is 2. The Morgan fingerprint density at radius 2 is 2.12 bits per heavy atom. The summed E-state index contributed by atoms with van der Waals surface area (Å²) in [4.78, 5) is 24.8. The smallest absolute Gasteiger partial charge is 0.239 e. The number of nitrogens with zero attached hydrogens (tertiary/aromatic N) is 1. The summed E-state index contributed by atoms with van der Waals surface area (Å²) in [6.45, 7) is 2.29. The van der Waals surface area contributed by atoms with Crippen LogP contribution in [0.15, 0.2) is 0 Å². The molecule has 0 aromatic carbocycles. The molecule has 1 rings (SSSR count). The Morgan fingerprint density at radius 1 is 1.31 bits per heavy atom. The van der Waals surface area contributed by atoms with Crippen LogP contribution in [0.4, 0.5) is 0 Å². The van der Waals surface area contributed by atoms with E-state index >= 15 is 0 Å². The molecule has 0 bridgehead atoms. The molecule has 0 unspecified atom stereocenters. The zero-order valence-electron chi connectivity index (χ0n) is 9.92. The van der Waals surface area contributed by atoms with Crippen molar-refractivity contribution in [1.29, 1.82) is 0 Å². The van der Waals surface area contributed by atoms with Crippen molar-refractivity contribution in [3.63, 3.8) is 0 Å². The maximum atomic E-state index is 11.6. The van der Waals surface area contributed by atoms with Gasteiger partial charge in [-0.15, -0.1) is 0 Å². The Hall–Kier alpha value is -1.10. The zero-order chi connectivity index (χ0) is 11.8. The lowest BCUT2D eigenvalue weighted by Crippen LogP contribution is -2.41. The number of nitrogens with one attached hydrogen (secondary N) is 2. The van der Waals surface area contributed by atoms with Crippen LogP contribution in [0.1, 0.15) is 25.7 Å². The SMILES string of the molecule is CNCCNC(=O)CN1CCCCCC1=O. The second-order valence-electron chi connectivity index (χ2n) is 4.08. The molecule has 0 atom stereocenters. The van der Waals surface area contributed by atoms with Gasteiger partial charge in [-0.25, -0.2) is 0 Å². The summed E-state index contributed by atoms with van der Waals surface area (Å²) in [7, 11) is 1.84. The molecule has 5 nitrogen and oxygen atoms in total. The number of likely N-dealkylation sites (N-methyl/N-ethyl adjacent to an activating group) is 1. The van der Waals surface area contributed by atoms with E-state index in [1.165, 1.54) is 0 Å². The van der Waals surface area contributed by atoms with Crippen molar-refractivity contribution in [2.75, 3.05) is 33.2 Å². The van der Waals surface area contributed by atoms with Gasteiger partial charge in [0, 0.05) is 26.1 Å². The lowest BCUT2D eigenvalue weighted by molar-refractivity contribution is -0.135. The highest BCUT2D eigenvalue weighted by atomic mass is 16.2. The molecule has 1 aliphatic rings. The molecule has 0 aromatic rings. The largest absolute Gasteiger partial charge is 0.353 e. The Balaban J connectivity index is 2.27. The average molecular weight is 227 g/mol. The predicted molar refractivity (Wildman–Crippen MR) is 62.0 cm³/mol. The predicted octanol–water partition coefficient (Wildman–Crippen LogP) is -0.275. The van der Waals surface area contributed by atoms with Crippen LogP contribution in [0.25, 0.3) is 0 Å². The van der Waals surface area contributed by atoms with Gasteiger partial charge in [0.05, 0.1) is 6.54 Å². The molecule has 0 saturated carbocycles. The van der Waals surface area contributed by atoms with Crippen LogP contribution in [0, 0.1) is 0 Å². The Kier molecular flexibility index (Phi) is 5.85. The lowest BCUT2D eigenvalue weighted by Gasteiger charge is -2.19. The highest BCUT2D eigenvalue weighted by Gasteiger charge is 2.18. The molecule has 5 heteroatoms. The maximum Gasteiger partial charge on any atom is 0.239 e. The van der Waals surface area contributed by atoms with Gasteiger partial charge in [0.25, 0.3) is 0 Å². The molecule has 1 heterocycles. The number of carbonyl (C=O) groups is 2. The fourth-order valence-corrected chi connectivity index (χ4v) is 1.76. The van der Waals surface area contributed by atoms with Gasteiger partial charge in [0.1, 0.15) is 0 Å². The van der Waals surface area contributed by atoms with Crippen LogP contribution in [0.3, 0.4) is 0 Å². The highest BCUT2D eigenvalue weighted by molar-refractivity contribution is 5.84. The molecule has 0 radical (unpaired) electrons. The van der Waals surface area contributed by atoms with Crippen molar-refractivity contribution in [2.45, 2.75) is 25.7 Å². The first-order chi connectivity index (χ1) is 7.74. The second-order valence-corrected chi connectivity index (χ2v) is 4.08. The van der Waals surface area contributed by atoms with E-state index < -0.39 is 0 Å². The van der Waals surface area contributed by atoms with Gasteiger partial charge in [0.2, 0.25) is 11.8 Å². The van der Waals surface area contributed by atoms with Crippen LogP contribution < -0.4 is 10.6 Å². The van der Waals surface area contributed by atoms with E-state index in [9.17, 15) is 9.59 Å². The minimum atomic E-state index is -0.0644. The summed E-state index contributed by atoms with van der Waals surface area (Å²) in [5.74, 6) is 0.0479. The number of carbonyl (C=O) groups excluding carboxylic acids is 2. The van der Waals surface area contributed by atoms with E-state index in [2.05, 4.69) is 10.6 Å². The number of hydrogen-bond acceptors (Lipinski definition) is 3. The fourth-order valence-electron chi connectivity index (χ4n) is 1.76. The Morgan fingerprint density at radius 3 is 2.88 bits per heavy atom. The molecule has 16 heavy (non-hydrogen) atoms. The highest BCUT2D eigenvalue weighted by Crippen LogP contribution is 2.10. The lowest BCUT2D eigenvalue weighted by atomic mass is 10.2. The maximum absolute atomic E-state index is 11.6. The van der Waals surface area contributed by atoms with Crippen LogP contribution in [0.2, 0.25) is 0 Å². The minimum Gasteiger partial charge on any atom is -0.353 e. The van der Waals surface area contributed by atoms with Gasteiger partial charge in [-0.2, -0.15) is 0 Å². The average Bonchev–Trinajstić information content (AvgIpc) is 2.45. The van der Waals surface area contributed by atoms with Crippen LogP contribution in [0.5, 0.6) is 0 Å². The number of likely N-dealkylation sites (tertiary alicyclic amines) is 1. The molecule has 1 aliphatic heterocycles. The van der Waals surface area contributed by atoms with Crippen molar-refractivity contribution in [3.05, 3.63) is 0 Å². The quantitative estimate of drug-likeness (QED) is 0.635. The van der Waals surface area contributed by atoms with Gasteiger partial charge < -0.3 is 15.5 Å². The van der Waals surface area contributed by atoms with E-state index in [4.69, 9.17) is 0 Å².